The van der Waals surface area contributed by atoms with Gasteiger partial charge in [0.15, 0.2) is 0 Å². The highest BCUT2D eigenvalue weighted by atomic mass is 35.5. The number of carbonyl (C=O) groups excluding carboxylic acids is 2. The maximum absolute atomic E-state index is 11.4. The smallest absolute Gasteiger partial charge is 0.425 e. The van der Waals surface area contributed by atoms with E-state index >= 15 is 0 Å². The van der Waals surface area contributed by atoms with Crippen LogP contribution in [-0.4, -0.2) is 18.4 Å². The molecule has 0 aliphatic heterocycles. The van der Waals surface area contributed by atoms with Gasteiger partial charge in [0.1, 0.15) is 5.75 Å². The summed E-state index contributed by atoms with van der Waals surface area (Å²) < 4.78 is 14.5. The average Bonchev–Trinajstić information content (AvgIpc) is 2.27. The second kappa shape index (κ2) is 6.99. The Morgan fingerprint density at radius 2 is 1.84 bits per heavy atom. The molecule has 0 spiro atoms. The lowest BCUT2D eigenvalue weighted by atomic mass is 10.2. The van der Waals surface area contributed by atoms with Crippen molar-refractivity contribution in [3.63, 3.8) is 0 Å². The first-order chi connectivity index (χ1) is 8.88. The maximum Gasteiger partial charge on any atom is 0.516 e. The van der Waals surface area contributed by atoms with E-state index in [1.807, 2.05) is 0 Å². The van der Waals surface area contributed by atoms with Gasteiger partial charge in [0, 0.05) is 11.9 Å². The zero-order valence-corrected chi connectivity index (χ0v) is 11.6. The monoisotopic (exact) mass is 286 g/mol. The molecule has 104 valence electrons. The quantitative estimate of drug-likeness (QED) is 0.482. The van der Waals surface area contributed by atoms with Crippen molar-refractivity contribution < 1.29 is 23.8 Å². The summed E-state index contributed by atoms with van der Waals surface area (Å²) in [6.45, 7) is 4.79. The van der Waals surface area contributed by atoms with Gasteiger partial charge in [0.2, 0.25) is 6.29 Å². The van der Waals surface area contributed by atoms with Gasteiger partial charge in [-0.05, 0) is 18.2 Å². The zero-order valence-electron chi connectivity index (χ0n) is 10.9. The van der Waals surface area contributed by atoms with Gasteiger partial charge < -0.3 is 14.2 Å². The van der Waals surface area contributed by atoms with Gasteiger partial charge in [0.05, 0.1) is 5.92 Å². The molecule has 1 rings (SSSR count). The molecule has 0 heterocycles. The predicted molar refractivity (Wildman–Crippen MR) is 69.0 cm³/mol. The number of hydrogen-bond donors (Lipinski definition) is 0. The summed E-state index contributed by atoms with van der Waals surface area (Å²) in [5.41, 5.74) is 0. The van der Waals surface area contributed by atoms with Crippen LogP contribution in [0.15, 0.2) is 24.3 Å². The second-order valence-electron chi connectivity index (χ2n) is 4.09. The van der Waals surface area contributed by atoms with Gasteiger partial charge >= 0.3 is 12.1 Å². The average molecular weight is 287 g/mol. The van der Waals surface area contributed by atoms with E-state index in [4.69, 9.17) is 25.8 Å². The molecule has 6 heteroatoms. The maximum atomic E-state index is 11.4. The van der Waals surface area contributed by atoms with Crippen molar-refractivity contribution in [2.75, 3.05) is 0 Å². The van der Waals surface area contributed by atoms with E-state index in [2.05, 4.69) is 0 Å². The van der Waals surface area contributed by atoms with Crippen molar-refractivity contribution in [2.24, 2.45) is 5.92 Å². The summed E-state index contributed by atoms with van der Waals surface area (Å²) in [6, 6.07) is 6.30. The standard InChI is InChI=1S/C13H15ClO5/c1-8(2)12(15)17-9(3)18-13(16)19-11-6-4-5-10(14)7-11/h4-9H,1-3H3/t9-/m1/s1. The Bertz CT molecular complexity index is 458. The Morgan fingerprint density at radius 1 is 1.16 bits per heavy atom. The van der Waals surface area contributed by atoms with Crippen molar-refractivity contribution >= 4 is 23.7 Å². The van der Waals surface area contributed by atoms with E-state index in [-0.39, 0.29) is 11.7 Å². The SMILES string of the molecule is CC(C)C(=O)O[C@@H](C)OC(=O)Oc1cccc(Cl)c1. The summed E-state index contributed by atoms with van der Waals surface area (Å²) in [4.78, 5) is 22.7. The fraction of sp³-hybridized carbons (Fsp3) is 0.385. The molecular weight excluding hydrogens is 272 g/mol. The third kappa shape index (κ3) is 5.61. The van der Waals surface area contributed by atoms with E-state index in [1.165, 1.54) is 13.0 Å². The first-order valence-corrected chi connectivity index (χ1v) is 6.11. The van der Waals surface area contributed by atoms with Crippen LogP contribution in [0.1, 0.15) is 20.8 Å². The van der Waals surface area contributed by atoms with Crippen LogP contribution >= 0.6 is 11.6 Å². The van der Waals surface area contributed by atoms with Crippen LogP contribution in [0.25, 0.3) is 0 Å². The van der Waals surface area contributed by atoms with Gasteiger partial charge in [0.25, 0.3) is 0 Å². The minimum atomic E-state index is -1.01. The van der Waals surface area contributed by atoms with Gasteiger partial charge in [-0.25, -0.2) is 4.79 Å². The molecular formula is C13H15ClO5. The first kappa shape index (κ1) is 15.3. The molecule has 0 fully saturated rings. The largest absolute Gasteiger partial charge is 0.516 e. The fourth-order valence-electron chi connectivity index (χ4n) is 1.11. The molecule has 0 saturated carbocycles. The molecule has 0 bridgehead atoms. The molecule has 5 nitrogen and oxygen atoms in total. The summed E-state index contributed by atoms with van der Waals surface area (Å²) in [5.74, 6) is -0.502. The Balaban J connectivity index is 2.45. The highest BCUT2D eigenvalue weighted by Crippen LogP contribution is 2.17. The topological polar surface area (TPSA) is 61.8 Å². The van der Waals surface area contributed by atoms with Crippen LogP contribution in [0.5, 0.6) is 5.75 Å². The molecule has 0 aromatic heterocycles. The molecule has 0 radical (unpaired) electrons. The van der Waals surface area contributed by atoms with Crippen molar-refractivity contribution in [3.8, 4) is 5.75 Å². The lowest BCUT2D eigenvalue weighted by molar-refractivity contribution is -0.170. The zero-order chi connectivity index (χ0) is 14.4. The van der Waals surface area contributed by atoms with Gasteiger partial charge in [-0.1, -0.05) is 31.5 Å². The summed E-state index contributed by atoms with van der Waals surface area (Å²) in [5, 5.41) is 0.435. The number of esters is 1. The highest BCUT2D eigenvalue weighted by molar-refractivity contribution is 6.30. The second-order valence-corrected chi connectivity index (χ2v) is 4.52. The number of halogens is 1. The number of benzene rings is 1. The minimum Gasteiger partial charge on any atom is -0.425 e. The number of ether oxygens (including phenoxy) is 3. The summed E-state index contributed by atoms with van der Waals surface area (Å²) >= 11 is 5.74. The molecule has 1 aromatic carbocycles. The highest BCUT2D eigenvalue weighted by Gasteiger charge is 2.17. The third-order valence-electron chi connectivity index (χ3n) is 2.01. The lowest BCUT2D eigenvalue weighted by Gasteiger charge is -2.15. The van der Waals surface area contributed by atoms with E-state index in [0.717, 1.165) is 0 Å². The molecule has 0 amide bonds. The Kier molecular flexibility index (Phi) is 5.63. The molecule has 0 aliphatic rings. The third-order valence-corrected chi connectivity index (χ3v) is 2.25. The molecule has 0 saturated heterocycles. The van der Waals surface area contributed by atoms with Crippen molar-refractivity contribution in [1.29, 1.82) is 0 Å². The van der Waals surface area contributed by atoms with Gasteiger partial charge in [-0.2, -0.15) is 0 Å². The summed E-state index contributed by atoms with van der Waals surface area (Å²) in [6.07, 6.45) is -1.98. The molecule has 1 aromatic rings. The van der Waals surface area contributed by atoms with Crippen LogP contribution in [0, 0.1) is 5.92 Å². The fourth-order valence-corrected chi connectivity index (χ4v) is 1.29. The Labute approximate surface area is 116 Å². The predicted octanol–water partition coefficient (Wildman–Crippen LogP) is 3.40. The van der Waals surface area contributed by atoms with Gasteiger partial charge in [-0.15, -0.1) is 0 Å². The molecule has 0 unspecified atom stereocenters. The normalized spacial score (nSPS) is 11.8. The summed E-state index contributed by atoms with van der Waals surface area (Å²) in [7, 11) is 0. The molecule has 0 aliphatic carbocycles. The molecule has 0 N–H and O–H groups in total. The van der Waals surface area contributed by atoms with Crippen LogP contribution in [-0.2, 0) is 14.3 Å². The number of hydrogen-bond acceptors (Lipinski definition) is 5. The van der Waals surface area contributed by atoms with Crippen LogP contribution in [0.3, 0.4) is 0 Å². The van der Waals surface area contributed by atoms with Crippen molar-refractivity contribution in [2.45, 2.75) is 27.1 Å². The Hall–Kier alpha value is -1.75. The van der Waals surface area contributed by atoms with E-state index < -0.39 is 18.4 Å². The molecule has 1 atom stereocenters. The van der Waals surface area contributed by atoms with Crippen molar-refractivity contribution in [3.05, 3.63) is 29.3 Å². The van der Waals surface area contributed by atoms with Crippen LogP contribution in [0.4, 0.5) is 4.79 Å². The van der Waals surface area contributed by atoms with E-state index in [0.29, 0.717) is 5.02 Å². The van der Waals surface area contributed by atoms with Crippen LogP contribution < -0.4 is 4.74 Å². The number of carbonyl (C=O) groups is 2. The van der Waals surface area contributed by atoms with Crippen LogP contribution in [0.2, 0.25) is 5.02 Å². The molecule has 19 heavy (non-hydrogen) atoms. The van der Waals surface area contributed by atoms with Gasteiger partial charge in [-0.3, -0.25) is 4.79 Å². The first-order valence-electron chi connectivity index (χ1n) is 5.73. The number of rotatable bonds is 4. The van der Waals surface area contributed by atoms with E-state index in [1.54, 1.807) is 32.0 Å². The lowest BCUT2D eigenvalue weighted by Crippen LogP contribution is -2.25. The Morgan fingerprint density at radius 3 is 2.42 bits per heavy atom. The van der Waals surface area contributed by atoms with E-state index in [9.17, 15) is 9.59 Å². The van der Waals surface area contributed by atoms with Crippen molar-refractivity contribution in [1.82, 2.24) is 0 Å². The minimum absolute atomic E-state index is 0.250.